The van der Waals surface area contributed by atoms with Crippen molar-refractivity contribution in [3.8, 4) is 5.75 Å². The topological polar surface area (TPSA) is 79.8 Å². The number of rotatable bonds is 6. The van der Waals surface area contributed by atoms with E-state index in [-0.39, 0.29) is 18.3 Å². The first-order valence-electron chi connectivity index (χ1n) is 7.62. The van der Waals surface area contributed by atoms with Gasteiger partial charge in [0, 0.05) is 5.69 Å². The minimum atomic E-state index is -3.51. The summed E-state index contributed by atoms with van der Waals surface area (Å²) in [4.78, 5) is 4.19. The number of sulfonamides is 1. The summed E-state index contributed by atoms with van der Waals surface area (Å²) >= 11 is 0. The molecule has 6 nitrogen and oxygen atoms in total. The van der Waals surface area contributed by atoms with Gasteiger partial charge in [-0.15, -0.1) is 0 Å². The lowest BCUT2D eigenvalue weighted by Gasteiger charge is -2.12. The van der Waals surface area contributed by atoms with Gasteiger partial charge in [0.25, 0.3) is 0 Å². The Labute approximate surface area is 146 Å². The smallest absolute Gasteiger partial charge is 0.232 e. The van der Waals surface area contributed by atoms with Gasteiger partial charge in [0.1, 0.15) is 11.6 Å². The van der Waals surface area contributed by atoms with Crippen molar-refractivity contribution in [2.45, 2.75) is 13.5 Å². The molecule has 2 rings (SSSR count). The highest BCUT2D eigenvalue weighted by Crippen LogP contribution is 2.15. The summed E-state index contributed by atoms with van der Waals surface area (Å²) < 4.78 is 43.9. The van der Waals surface area contributed by atoms with Crippen LogP contribution in [-0.2, 0) is 16.6 Å². The number of benzene rings is 2. The van der Waals surface area contributed by atoms with Crippen molar-refractivity contribution in [3.63, 3.8) is 0 Å². The van der Waals surface area contributed by atoms with Crippen molar-refractivity contribution in [2.24, 2.45) is 4.99 Å². The molecule has 0 bridgehead atoms. The zero-order valence-corrected chi connectivity index (χ0v) is 14.8. The van der Waals surface area contributed by atoms with Crippen LogP contribution < -0.4 is 14.8 Å². The number of nitrogens with one attached hydrogen (secondary N) is 2. The lowest BCUT2D eigenvalue weighted by molar-refractivity contribution is 0.340. The lowest BCUT2D eigenvalue weighted by atomic mass is 10.2. The fraction of sp³-hybridized carbons (Fsp3) is 0.235. The summed E-state index contributed by atoms with van der Waals surface area (Å²) in [5.41, 5.74) is 1.26. The van der Waals surface area contributed by atoms with Crippen LogP contribution in [0.15, 0.2) is 53.5 Å². The molecule has 0 aliphatic heterocycles. The van der Waals surface area contributed by atoms with Gasteiger partial charge in [-0.1, -0.05) is 12.1 Å². The molecule has 0 unspecified atom stereocenters. The molecule has 0 aromatic heterocycles. The van der Waals surface area contributed by atoms with Crippen LogP contribution in [0.2, 0.25) is 0 Å². The second-order valence-corrected chi connectivity index (χ2v) is 7.00. The van der Waals surface area contributed by atoms with E-state index in [9.17, 15) is 12.8 Å². The first-order chi connectivity index (χ1) is 11.9. The summed E-state index contributed by atoms with van der Waals surface area (Å²) in [5, 5.41) is 2.90. The Balaban J connectivity index is 2.15. The molecule has 0 saturated carbocycles. The van der Waals surface area contributed by atoms with Gasteiger partial charge in [0.15, 0.2) is 0 Å². The molecule has 0 aliphatic carbocycles. The van der Waals surface area contributed by atoms with Gasteiger partial charge in [-0.2, -0.15) is 0 Å². The molecule has 2 N–H and O–H groups in total. The van der Waals surface area contributed by atoms with Gasteiger partial charge in [0.05, 0.1) is 19.4 Å². The molecule has 2 aromatic carbocycles. The van der Waals surface area contributed by atoms with Crippen molar-refractivity contribution in [1.82, 2.24) is 4.72 Å². The average Bonchev–Trinajstić information content (AvgIpc) is 2.53. The predicted octanol–water partition coefficient (Wildman–Crippen LogP) is 2.74. The Morgan fingerprint density at radius 3 is 2.52 bits per heavy atom. The Bertz CT molecular complexity index is 836. The van der Waals surface area contributed by atoms with Crippen LogP contribution in [0.4, 0.5) is 10.1 Å². The normalized spacial score (nSPS) is 11.9. The van der Waals surface area contributed by atoms with Crippen molar-refractivity contribution in [2.75, 3.05) is 18.2 Å². The number of hydrogen-bond acceptors (Lipinski definition) is 4. The Hall–Kier alpha value is -2.61. The maximum atomic E-state index is 13.2. The van der Waals surface area contributed by atoms with E-state index >= 15 is 0 Å². The number of aliphatic imine (C=N–C) groups is 1. The highest BCUT2D eigenvalue weighted by atomic mass is 32.2. The fourth-order valence-electron chi connectivity index (χ4n) is 2.02. The first-order valence-corrected chi connectivity index (χ1v) is 9.51. The van der Waals surface area contributed by atoms with Crippen LogP contribution in [0.3, 0.4) is 0 Å². The Morgan fingerprint density at radius 1 is 1.20 bits per heavy atom. The zero-order chi connectivity index (χ0) is 18.3. The largest absolute Gasteiger partial charge is 0.494 e. The standard InChI is InChI=1S/C17H20FN3O3S/c1-3-24-16-9-7-15(8-10-16)20-17(21-25(2,22)23)19-12-13-5-4-6-14(18)11-13/h4-11H,3,12H2,1-2H3,(H2,19,20,21). The molecule has 0 spiro atoms. The van der Waals surface area contributed by atoms with Crippen LogP contribution in [-0.4, -0.2) is 27.2 Å². The summed E-state index contributed by atoms with van der Waals surface area (Å²) in [6.45, 7) is 2.57. The maximum Gasteiger partial charge on any atom is 0.232 e. The number of nitrogens with zero attached hydrogens (tertiary/aromatic N) is 1. The van der Waals surface area contributed by atoms with Crippen molar-refractivity contribution in [3.05, 3.63) is 59.9 Å². The van der Waals surface area contributed by atoms with E-state index in [1.165, 1.54) is 12.1 Å². The number of hydrogen-bond donors (Lipinski definition) is 2. The zero-order valence-electron chi connectivity index (χ0n) is 14.0. The highest BCUT2D eigenvalue weighted by Gasteiger charge is 2.07. The minimum Gasteiger partial charge on any atom is -0.494 e. The molecule has 0 radical (unpaired) electrons. The molecule has 2 aromatic rings. The van der Waals surface area contributed by atoms with Crippen LogP contribution >= 0.6 is 0 Å². The number of anilines is 1. The highest BCUT2D eigenvalue weighted by molar-refractivity contribution is 7.89. The van der Waals surface area contributed by atoms with Gasteiger partial charge in [-0.25, -0.2) is 17.8 Å². The van der Waals surface area contributed by atoms with E-state index in [0.29, 0.717) is 23.6 Å². The van der Waals surface area contributed by atoms with Gasteiger partial charge < -0.3 is 10.1 Å². The van der Waals surface area contributed by atoms with Gasteiger partial charge in [0.2, 0.25) is 16.0 Å². The molecule has 0 atom stereocenters. The van der Waals surface area contributed by atoms with Crippen LogP contribution in [0, 0.1) is 5.82 Å². The molecule has 0 amide bonds. The molecular weight excluding hydrogens is 345 g/mol. The summed E-state index contributed by atoms with van der Waals surface area (Å²) in [6.07, 6.45) is 1.03. The maximum absolute atomic E-state index is 13.2. The number of halogens is 1. The van der Waals surface area contributed by atoms with Crippen LogP contribution in [0.5, 0.6) is 5.75 Å². The van der Waals surface area contributed by atoms with E-state index in [0.717, 1.165) is 6.26 Å². The third-order valence-corrected chi connectivity index (χ3v) is 3.58. The average molecular weight is 365 g/mol. The first kappa shape index (κ1) is 18.7. The second kappa shape index (κ2) is 8.48. The number of guanidine groups is 1. The van der Waals surface area contributed by atoms with Crippen molar-refractivity contribution in [1.29, 1.82) is 0 Å². The van der Waals surface area contributed by atoms with E-state index in [4.69, 9.17) is 4.74 Å². The van der Waals surface area contributed by atoms with Crippen LogP contribution in [0.25, 0.3) is 0 Å². The van der Waals surface area contributed by atoms with Gasteiger partial charge >= 0.3 is 0 Å². The quantitative estimate of drug-likeness (QED) is 0.609. The van der Waals surface area contributed by atoms with Gasteiger partial charge in [-0.3, -0.25) is 4.72 Å². The Kier molecular flexibility index (Phi) is 6.35. The molecule has 0 heterocycles. The fourth-order valence-corrected chi connectivity index (χ4v) is 2.48. The summed E-state index contributed by atoms with van der Waals surface area (Å²) in [6, 6.07) is 13.0. The predicted molar refractivity (Wildman–Crippen MR) is 96.8 cm³/mol. The van der Waals surface area contributed by atoms with E-state index in [1.807, 2.05) is 6.92 Å². The van der Waals surface area contributed by atoms with Crippen LogP contribution in [0.1, 0.15) is 12.5 Å². The minimum absolute atomic E-state index is 0.0518. The second-order valence-electron chi connectivity index (χ2n) is 5.25. The van der Waals surface area contributed by atoms with Crippen molar-refractivity contribution >= 4 is 21.7 Å². The molecule has 8 heteroatoms. The monoisotopic (exact) mass is 365 g/mol. The molecule has 0 saturated heterocycles. The summed E-state index contributed by atoms with van der Waals surface area (Å²) in [5.74, 6) is 0.392. The lowest BCUT2D eigenvalue weighted by Crippen LogP contribution is -2.35. The van der Waals surface area contributed by atoms with Crippen molar-refractivity contribution < 1.29 is 17.5 Å². The van der Waals surface area contributed by atoms with Gasteiger partial charge in [-0.05, 0) is 48.9 Å². The Morgan fingerprint density at radius 2 is 1.92 bits per heavy atom. The van der Waals surface area contributed by atoms with E-state index < -0.39 is 10.0 Å². The number of ether oxygens (including phenoxy) is 1. The van der Waals surface area contributed by atoms with E-state index in [1.54, 1.807) is 36.4 Å². The third kappa shape index (κ3) is 6.80. The molecular formula is C17H20FN3O3S. The SMILES string of the molecule is CCOc1ccc(NC(=NCc2cccc(F)c2)NS(C)(=O)=O)cc1. The molecule has 134 valence electrons. The molecule has 0 aliphatic rings. The van der Waals surface area contributed by atoms with E-state index in [2.05, 4.69) is 15.0 Å². The third-order valence-electron chi connectivity index (χ3n) is 3.02. The molecule has 0 fully saturated rings. The molecule has 25 heavy (non-hydrogen) atoms. The summed E-state index contributed by atoms with van der Waals surface area (Å²) in [7, 11) is -3.51.